The maximum Gasteiger partial charge on any atom is 0.262 e. The second-order valence-corrected chi connectivity index (χ2v) is 8.12. The highest BCUT2D eigenvalue weighted by molar-refractivity contribution is 7.89. The number of methoxy groups -OCH3 is 1. The quantitative estimate of drug-likeness (QED) is 0.548. The minimum absolute atomic E-state index is 0.117. The van der Waals surface area contributed by atoms with Gasteiger partial charge < -0.3 is 14.8 Å². The number of anilines is 1. The van der Waals surface area contributed by atoms with Crippen molar-refractivity contribution in [3.8, 4) is 11.5 Å². The van der Waals surface area contributed by atoms with E-state index in [9.17, 15) is 13.2 Å². The lowest BCUT2D eigenvalue weighted by Crippen LogP contribution is -2.23. The molecule has 2 N–H and O–H groups in total. The van der Waals surface area contributed by atoms with Crippen molar-refractivity contribution >= 4 is 21.6 Å². The maximum atomic E-state index is 12.4. The summed E-state index contributed by atoms with van der Waals surface area (Å²) in [5, 5.41) is 2.70. The Morgan fingerprint density at radius 1 is 0.900 bits per heavy atom. The monoisotopic (exact) mass is 426 g/mol. The molecule has 0 bridgehead atoms. The number of benzene rings is 3. The zero-order valence-corrected chi connectivity index (χ0v) is 17.2. The minimum atomic E-state index is -3.65. The van der Waals surface area contributed by atoms with E-state index in [-0.39, 0.29) is 24.0 Å². The Morgan fingerprint density at radius 2 is 1.63 bits per heavy atom. The lowest BCUT2D eigenvalue weighted by molar-refractivity contribution is -0.118. The number of amides is 1. The molecule has 3 aromatic carbocycles. The SMILES string of the molecule is COc1cccc(NC(=O)COc2ccc(S(=O)(=O)NCc3ccccc3)cc2)c1. The fourth-order valence-corrected chi connectivity index (χ4v) is 3.64. The average molecular weight is 426 g/mol. The largest absolute Gasteiger partial charge is 0.497 e. The molecule has 8 heteroatoms. The summed E-state index contributed by atoms with van der Waals surface area (Å²) in [6.07, 6.45) is 0. The summed E-state index contributed by atoms with van der Waals surface area (Å²) in [4.78, 5) is 12.2. The highest BCUT2D eigenvalue weighted by atomic mass is 32.2. The first-order valence-corrected chi connectivity index (χ1v) is 10.6. The van der Waals surface area contributed by atoms with E-state index in [1.807, 2.05) is 30.3 Å². The minimum Gasteiger partial charge on any atom is -0.497 e. The van der Waals surface area contributed by atoms with Crippen LogP contribution >= 0.6 is 0 Å². The van der Waals surface area contributed by atoms with Crippen LogP contribution in [-0.2, 0) is 21.4 Å². The molecule has 0 atom stereocenters. The van der Waals surface area contributed by atoms with Gasteiger partial charge in [0.05, 0.1) is 12.0 Å². The third-order valence-electron chi connectivity index (χ3n) is 4.17. The summed E-state index contributed by atoms with van der Waals surface area (Å²) in [6, 6.07) is 22.1. The number of hydrogen-bond donors (Lipinski definition) is 2. The van der Waals surface area contributed by atoms with Crippen molar-refractivity contribution in [3.05, 3.63) is 84.4 Å². The van der Waals surface area contributed by atoms with Gasteiger partial charge in [-0.2, -0.15) is 0 Å². The van der Waals surface area contributed by atoms with E-state index in [0.717, 1.165) is 5.56 Å². The number of carbonyl (C=O) groups excluding carboxylic acids is 1. The van der Waals surface area contributed by atoms with Gasteiger partial charge in [0.15, 0.2) is 6.61 Å². The lowest BCUT2D eigenvalue weighted by Gasteiger charge is -2.10. The molecule has 0 aliphatic rings. The Bertz CT molecular complexity index is 1080. The van der Waals surface area contributed by atoms with Crippen molar-refractivity contribution in [1.29, 1.82) is 0 Å². The molecule has 0 saturated carbocycles. The molecule has 7 nitrogen and oxygen atoms in total. The Balaban J connectivity index is 1.52. The molecule has 0 aromatic heterocycles. The number of nitrogens with one attached hydrogen (secondary N) is 2. The standard InChI is InChI=1S/C22H22N2O5S/c1-28-20-9-5-8-18(14-20)24-22(25)16-29-19-10-12-21(13-11-19)30(26,27)23-15-17-6-3-2-4-7-17/h2-14,23H,15-16H2,1H3,(H,24,25). The number of ether oxygens (including phenoxy) is 2. The Hall–Kier alpha value is -3.36. The zero-order valence-electron chi connectivity index (χ0n) is 16.4. The van der Waals surface area contributed by atoms with Crippen LogP contribution in [0.25, 0.3) is 0 Å². The predicted molar refractivity (Wildman–Crippen MR) is 114 cm³/mol. The van der Waals surface area contributed by atoms with Gasteiger partial charge in [-0.1, -0.05) is 36.4 Å². The van der Waals surface area contributed by atoms with Crippen LogP contribution in [0.3, 0.4) is 0 Å². The smallest absolute Gasteiger partial charge is 0.262 e. The normalized spacial score (nSPS) is 11.0. The molecule has 0 aliphatic carbocycles. The molecule has 0 aliphatic heterocycles. The number of carbonyl (C=O) groups is 1. The summed E-state index contributed by atoms with van der Waals surface area (Å²) >= 11 is 0. The highest BCUT2D eigenvalue weighted by Gasteiger charge is 2.14. The number of sulfonamides is 1. The van der Waals surface area contributed by atoms with E-state index in [2.05, 4.69) is 10.0 Å². The first-order valence-electron chi connectivity index (χ1n) is 9.16. The van der Waals surface area contributed by atoms with E-state index in [1.54, 1.807) is 31.4 Å². The molecule has 30 heavy (non-hydrogen) atoms. The van der Waals surface area contributed by atoms with Crippen molar-refractivity contribution in [2.75, 3.05) is 19.0 Å². The Kier molecular flexibility index (Phi) is 7.05. The van der Waals surface area contributed by atoms with Crippen LogP contribution in [0.4, 0.5) is 5.69 Å². The third kappa shape index (κ3) is 6.07. The van der Waals surface area contributed by atoms with Crippen molar-refractivity contribution < 1.29 is 22.7 Å². The Morgan fingerprint density at radius 3 is 2.33 bits per heavy atom. The van der Waals surface area contributed by atoms with Crippen LogP contribution in [0.1, 0.15) is 5.56 Å². The summed E-state index contributed by atoms with van der Waals surface area (Å²) in [5.41, 5.74) is 1.46. The van der Waals surface area contributed by atoms with Crippen molar-refractivity contribution in [2.45, 2.75) is 11.4 Å². The molecule has 0 unspecified atom stereocenters. The van der Waals surface area contributed by atoms with Crippen LogP contribution in [0.15, 0.2) is 83.8 Å². The molecule has 0 saturated heterocycles. The summed E-state index contributed by atoms with van der Waals surface area (Å²) in [5.74, 6) is 0.675. The molecule has 0 heterocycles. The van der Waals surface area contributed by atoms with Gasteiger partial charge in [-0.25, -0.2) is 13.1 Å². The van der Waals surface area contributed by atoms with Crippen LogP contribution in [0.5, 0.6) is 11.5 Å². The van der Waals surface area contributed by atoms with E-state index >= 15 is 0 Å². The molecule has 156 valence electrons. The van der Waals surface area contributed by atoms with Gasteiger partial charge in [0.25, 0.3) is 5.91 Å². The van der Waals surface area contributed by atoms with Gasteiger partial charge in [-0.05, 0) is 42.0 Å². The van der Waals surface area contributed by atoms with Crippen LogP contribution < -0.4 is 19.5 Å². The highest BCUT2D eigenvalue weighted by Crippen LogP contribution is 2.18. The second-order valence-electron chi connectivity index (χ2n) is 6.35. The van der Waals surface area contributed by atoms with Crippen molar-refractivity contribution in [3.63, 3.8) is 0 Å². The van der Waals surface area contributed by atoms with Gasteiger partial charge >= 0.3 is 0 Å². The summed E-state index contributed by atoms with van der Waals surface area (Å²) < 4.78 is 37.9. The fraction of sp³-hybridized carbons (Fsp3) is 0.136. The van der Waals surface area contributed by atoms with Crippen LogP contribution in [0, 0.1) is 0 Å². The first kappa shape index (κ1) is 21.4. The molecule has 3 aromatic rings. The van der Waals surface area contributed by atoms with E-state index in [0.29, 0.717) is 17.2 Å². The van der Waals surface area contributed by atoms with Gasteiger partial charge in [0.2, 0.25) is 10.0 Å². The number of hydrogen-bond acceptors (Lipinski definition) is 5. The molecular weight excluding hydrogens is 404 g/mol. The third-order valence-corrected chi connectivity index (χ3v) is 5.58. The zero-order chi connectivity index (χ0) is 21.4. The molecule has 0 fully saturated rings. The lowest BCUT2D eigenvalue weighted by atomic mass is 10.2. The first-order chi connectivity index (χ1) is 14.5. The predicted octanol–water partition coefficient (Wildman–Crippen LogP) is 3.19. The molecule has 3 rings (SSSR count). The number of rotatable bonds is 9. The van der Waals surface area contributed by atoms with Gasteiger partial charge in [-0.3, -0.25) is 4.79 Å². The summed E-state index contributed by atoms with van der Waals surface area (Å²) in [6.45, 7) is -0.0125. The van der Waals surface area contributed by atoms with Gasteiger partial charge in [0.1, 0.15) is 11.5 Å². The van der Waals surface area contributed by atoms with E-state index < -0.39 is 10.0 Å². The second kappa shape index (κ2) is 9.91. The van der Waals surface area contributed by atoms with E-state index in [4.69, 9.17) is 9.47 Å². The molecule has 0 radical (unpaired) electrons. The van der Waals surface area contributed by atoms with Gasteiger partial charge in [-0.15, -0.1) is 0 Å². The topological polar surface area (TPSA) is 93.7 Å². The van der Waals surface area contributed by atoms with Crippen molar-refractivity contribution in [2.24, 2.45) is 0 Å². The fourth-order valence-electron chi connectivity index (χ4n) is 2.62. The summed E-state index contributed by atoms with van der Waals surface area (Å²) in [7, 11) is -2.10. The molecular formula is C22H22N2O5S. The maximum absolute atomic E-state index is 12.4. The van der Waals surface area contributed by atoms with E-state index in [1.165, 1.54) is 24.3 Å². The Labute approximate surface area is 175 Å². The molecule has 0 spiro atoms. The average Bonchev–Trinajstić information content (AvgIpc) is 2.77. The molecule has 1 amide bonds. The van der Waals surface area contributed by atoms with Crippen LogP contribution in [0.2, 0.25) is 0 Å². The van der Waals surface area contributed by atoms with Crippen molar-refractivity contribution in [1.82, 2.24) is 4.72 Å². The van der Waals surface area contributed by atoms with Crippen LogP contribution in [-0.4, -0.2) is 28.0 Å². The van der Waals surface area contributed by atoms with Gasteiger partial charge in [0, 0.05) is 18.3 Å².